The lowest BCUT2D eigenvalue weighted by molar-refractivity contribution is -0.130. The Hall–Kier alpha value is -3.19. The van der Waals surface area contributed by atoms with Crippen molar-refractivity contribution in [3.63, 3.8) is 0 Å². The molecular weight excluding hydrogens is 496 g/mol. The highest BCUT2D eigenvalue weighted by Gasteiger charge is 2.28. The Morgan fingerprint density at radius 1 is 1.14 bits per heavy atom. The third-order valence-electron chi connectivity index (χ3n) is 5.27. The normalized spacial score (nSPS) is 14.7. The van der Waals surface area contributed by atoms with Crippen LogP contribution >= 0.6 is 11.3 Å². The molecule has 0 bridgehead atoms. The molecule has 190 valence electrons. The zero-order valence-electron chi connectivity index (χ0n) is 19.6. The lowest BCUT2D eigenvalue weighted by Gasteiger charge is -2.34. The first-order valence-corrected chi connectivity index (χ1v) is 13.6. The molecule has 0 radical (unpaired) electrons. The summed E-state index contributed by atoms with van der Waals surface area (Å²) in [5.74, 6) is -2.51. The van der Waals surface area contributed by atoms with E-state index in [9.17, 15) is 22.8 Å². The highest BCUT2D eigenvalue weighted by atomic mass is 32.2. The quantitative estimate of drug-likeness (QED) is 0.472. The third-order valence-corrected chi connectivity index (χ3v) is 7.68. The van der Waals surface area contributed by atoms with E-state index in [0.717, 1.165) is 10.2 Å². The number of benzene rings is 1. The minimum atomic E-state index is -4.04. The van der Waals surface area contributed by atoms with Crippen LogP contribution in [0.2, 0.25) is 0 Å². The van der Waals surface area contributed by atoms with Gasteiger partial charge >= 0.3 is 6.09 Å². The summed E-state index contributed by atoms with van der Waals surface area (Å²) in [6.45, 7) is 6.93. The first-order chi connectivity index (χ1) is 16.7. The smallest absolute Gasteiger partial charge is 0.409 e. The molecular formula is C22H28N4O7S2. The Labute approximate surface area is 207 Å². The molecule has 2 aromatic rings. The molecule has 0 aliphatic carbocycles. The van der Waals surface area contributed by atoms with Crippen LogP contribution in [0.5, 0.6) is 5.75 Å². The van der Waals surface area contributed by atoms with Gasteiger partial charge in [-0.05, 0) is 25.1 Å². The molecule has 1 saturated heterocycles. The highest BCUT2D eigenvalue weighted by Crippen LogP contribution is 2.23. The van der Waals surface area contributed by atoms with E-state index in [1.54, 1.807) is 36.8 Å². The predicted octanol–water partition coefficient (Wildman–Crippen LogP) is 1.04. The van der Waals surface area contributed by atoms with Crippen molar-refractivity contribution in [1.29, 1.82) is 0 Å². The molecule has 1 aliphatic heterocycles. The van der Waals surface area contributed by atoms with Crippen molar-refractivity contribution < 1.29 is 32.3 Å². The van der Waals surface area contributed by atoms with Crippen LogP contribution in [0.3, 0.4) is 0 Å². The van der Waals surface area contributed by atoms with Crippen LogP contribution in [0, 0.1) is 0 Å². The number of thiazole rings is 1. The maximum absolute atomic E-state index is 12.6. The lowest BCUT2D eigenvalue weighted by Crippen LogP contribution is -2.52. The third kappa shape index (κ3) is 6.69. The van der Waals surface area contributed by atoms with Crippen molar-refractivity contribution >= 4 is 49.3 Å². The van der Waals surface area contributed by atoms with E-state index >= 15 is 0 Å². The number of rotatable bonds is 8. The summed E-state index contributed by atoms with van der Waals surface area (Å²) in [5.41, 5.74) is 0.808. The number of hydrogen-bond acceptors (Lipinski definition) is 8. The van der Waals surface area contributed by atoms with Gasteiger partial charge in [0, 0.05) is 32.7 Å². The SMILES string of the molecule is C=CCn1c(=NC(=O)CS(=O)(=O)CC(=O)N2CCN(C(=O)OCC)CC2)sc2cc(OC)ccc21. The van der Waals surface area contributed by atoms with E-state index in [-0.39, 0.29) is 32.8 Å². The molecule has 11 nitrogen and oxygen atoms in total. The Morgan fingerprint density at radius 3 is 2.46 bits per heavy atom. The topological polar surface area (TPSA) is 128 Å². The zero-order valence-corrected chi connectivity index (χ0v) is 21.3. The number of carbonyl (C=O) groups is 3. The molecule has 35 heavy (non-hydrogen) atoms. The van der Waals surface area contributed by atoms with Crippen molar-refractivity contribution in [2.24, 2.45) is 4.99 Å². The minimum Gasteiger partial charge on any atom is -0.497 e. The van der Waals surface area contributed by atoms with E-state index < -0.39 is 39.3 Å². The summed E-state index contributed by atoms with van der Waals surface area (Å²) in [7, 11) is -2.49. The van der Waals surface area contributed by atoms with Crippen molar-refractivity contribution in [1.82, 2.24) is 14.4 Å². The fourth-order valence-electron chi connectivity index (χ4n) is 3.58. The Morgan fingerprint density at radius 2 is 1.83 bits per heavy atom. The number of piperazine rings is 1. The molecule has 1 aromatic carbocycles. The first kappa shape index (κ1) is 26.4. The largest absolute Gasteiger partial charge is 0.497 e. The van der Waals surface area contributed by atoms with Gasteiger partial charge in [-0.15, -0.1) is 6.58 Å². The van der Waals surface area contributed by atoms with Gasteiger partial charge < -0.3 is 23.8 Å². The van der Waals surface area contributed by atoms with Crippen LogP contribution in [0.25, 0.3) is 10.2 Å². The molecule has 3 amide bonds. The molecule has 1 fully saturated rings. The number of amides is 3. The van der Waals surface area contributed by atoms with Gasteiger partial charge in [-0.3, -0.25) is 9.59 Å². The average molecular weight is 525 g/mol. The number of hydrogen-bond donors (Lipinski definition) is 0. The second kappa shape index (κ2) is 11.5. The van der Waals surface area contributed by atoms with E-state index in [0.29, 0.717) is 17.1 Å². The summed E-state index contributed by atoms with van der Waals surface area (Å²) in [6, 6.07) is 5.41. The zero-order chi connectivity index (χ0) is 25.6. The van der Waals surface area contributed by atoms with Crippen LogP contribution in [-0.4, -0.2) is 92.1 Å². The van der Waals surface area contributed by atoms with E-state index in [2.05, 4.69) is 11.6 Å². The average Bonchev–Trinajstić information content (AvgIpc) is 3.14. The summed E-state index contributed by atoms with van der Waals surface area (Å²) in [4.78, 5) is 44.0. The fourth-order valence-corrected chi connectivity index (χ4v) is 5.77. The molecule has 0 N–H and O–H groups in total. The van der Waals surface area contributed by atoms with Gasteiger partial charge in [0.25, 0.3) is 5.91 Å². The Balaban J connectivity index is 1.68. The second-order valence-corrected chi connectivity index (χ2v) is 10.8. The fraction of sp³-hybridized carbons (Fsp3) is 0.455. The molecule has 1 aromatic heterocycles. The van der Waals surface area contributed by atoms with Gasteiger partial charge in [0.2, 0.25) is 5.91 Å². The molecule has 2 heterocycles. The molecule has 3 rings (SSSR count). The molecule has 1 aliphatic rings. The molecule has 0 atom stereocenters. The molecule has 0 spiro atoms. The maximum atomic E-state index is 12.6. The number of carbonyl (C=O) groups excluding carboxylic acids is 3. The minimum absolute atomic E-state index is 0.193. The standard InChI is InChI=1S/C22H28N4O7S2/c1-4-8-26-17-7-6-16(32-3)13-18(17)34-21(26)23-19(27)14-35(30,31)15-20(28)24-9-11-25(12-10-24)22(29)33-5-2/h4,6-7,13H,1,5,8-12,14-15H2,2-3H3. The van der Waals surface area contributed by atoms with Crippen LogP contribution in [0.1, 0.15) is 6.92 Å². The number of sulfone groups is 1. The van der Waals surface area contributed by atoms with Crippen molar-refractivity contribution in [3.05, 3.63) is 35.7 Å². The first-order valence-electron chi connectivity index (χ1n) is 10.9. The van der Waals surface area contributed by atoms with Crippen LogP contribution in [0.4, 0.5) is 4.79 Å². The van der Waals surface area contributed by atoms with E-state index in [4.69, 9.17) is 9.47 Å². The van der Waals surface area contributed by atoms with Crippen LogP contribution in [0.15, 0.2) is 35.8 Å². The van der Waals surface area contributed by atoms with E-state index in [1.807, 2.05) is 6.07 Å². The van der Waals surface area contributed by atoms with Gasteiger partial charge in [0.15, 0.2) is 14.6 Å². The Bertz CT molecular complexity index is 1290. The van der Waals surface area contributed by atoms with Crippen molar-refractivity contribution in [2.75, 3.05) is 51.4 Å². The summed E-state index contributed by atoms with van der Waals surface area (Å²) in [5, 5.41) is 0. The lowest BCUT2D eigenvalue weighted by atomic mass is 10.3. The monoisotopic (exact) mass is 524 g/mol. The van der Waals surface area contributed by atoms with Gasteiger partial charge in [-0.25, -0.2) is 13.2 Å². The summed E-state index contributed by atoms with van der Waals surface area (Å²) in [6.07, 6.45) is 1.18. The molecule has 0 unspecified atom stereocenters. The number of fused-ring (bicyclic) bond motifs is 1. The van der Waals surface area contributed by atoms with Gasteiger partial charge in [0.1, 0.15) is 17.3 Å². The number of aromatic nitrogens is 1. The number of ether oxygens (including phenoxy) is 2. The summed E-state index contributed by atoms with van der Waals surface area (Å²) >= 11 is 1.23. The second-order valence-electron chi connectivity index (χ2n) is 7.72. The molecule has 13 heteroatoms. The Kier molecular flexibility index (Phi) is 8.67. The van der Waals surface area contributed by atoms with Gasteiger partial charge in [0.05, 0.1) is 23.9 Å². The van der Waals surface area contributed by atoms with Crippen LogP contribution < -0.4 is 9.54 Å². The predicted molar refractivity (Wildman–Crippen MR) is 131 cm³/mol. The number of methoxy groups -OCH3 is 1. The van der Waals surface area contributed by atoms with Crippen LogP contribution in [-0.2, 0) is 30.7 Å². The summed E-state index contributed by atoms with van der Waals surface area (Å²) < 4.78 is 37.9. The van der Waals surface area contributed by atoms with Gasteiger partial charge in [-0.2, -0.15) is 4.99 Å². The number of nitrogens with zero attached hydrogens (tertiary/aromatic N) is 4. The molecule has 0 saturated carbocycles. The van der Waals surface area contributed by atoms with Crippen molar-refractivity contribution in [3.8, 4) is 5.75 Å². The number of allylic oxidation sites excluding steroid dienone is 1. The highest BCUT2D eigenvalue weighted by molar-refractivity contribution is 7.92. The van der Waals surface area contributed by atoms with Crippen molar-refractivity contribution in [2.45, 2.75) is 13.5 Å². The maximum Gasteiger partial charge on any atom is 0.409 e. The van der Waals surface area contributed by atoms with Gasteiger partial charge in [-0.1, -0.05) is 17.4 Å². The van der Waals surface area contributed by atoms with E-state index in [1.165, 1.54) is 21.1 Å².